The normalized spacial score (nSPS) is 20.6. The van der Waals surface area contributed by atoms with Gasteiger partial charge < -0.3 is 20.3 Å². The molecule has 1 aliphatic carbocycles. The van der Waals surface area contributed by atoms with Gasteiger partial charge in [0, 0.05) is 18.8 Å². The van der Waals surface area contributed by atoms with Crippen molar-refractivity contribution in [3.05, 3.63) is 46.9 Å². The van der Waals surface area contributed by atoms with Crippen LogP contribution in [0, 0.1) is 17.2 Å². The van der Waals surface area contributed by atoms with Gasteiger partial charge in [0.15, 0.2) is 0 Å². The van der Waals surface area contributed by atoms with Crippen LogP contribution in [0.5, 0.6) is 0 Å². The summed E-state index contributed by atoms with van der Waals surface area (Å²) in [5.74, 6) is -3.87. The number of thiocarbonyl (C=S) groups is 1. The lowest BCUT2D eigenvalue weighted by Crippen LogP contribution is -2.45. The third-order valence-electron chi connectivity index (χ3n) is 5.68. The van der Waals surface area contributed by atoms with Crippen molar-refractivity contribution in [2.75, 3.05) is 0 Å². The number of carbonyl (C=O) groups is 1. The van der Waals surface area contributed by atoms with Gasteiger partial charge in [-0.25, -0.2) is 4.79 Å². The quantitative estimate of drug-likeness (QED) is 0.546. The Kier molecular flexibility index (Phi) is 6.13. The number of nitrogens with zero attached hydrogens (tertiary/aromatic N) is 1. The van der Waals surface area contributed by atoms with Crippen LogP contribution in [0.3, 0.4) is 0 Å². The van der Waals surface area contributed by atoms with Crippen molar-refractivity contribution in [3.63, 3.8) is 0 Å². The Balaban J connectivity index is 2.06. The molecule has 1 aromatic rings. The Bertz CT molecular complexity index is 864. The lowest BCUT2D eigenvalue weighted by molar-refractivity contribution is -0.250. The fraction of sp³-hybridized carbons (Fsp3) is 0.500. The highest BCUT2D eigenvalue weighted by Crippen LogP contribution is 2.43. The van der Waals surface area contributed by atoms with E-state index in [1.54, 1.807) is 0 Å². The zero-order valence-electron chi connectivity index (χ0n) is 16.7. The van der Waals surface area contributed by atoms with Gasteiger partial charge in [-0.3, -0.25) is 0 Å². The molecule has 0 saturated heterocycles. The SMILES string of the molecule is CC(C)c1ccc(C(C2=C(O)OC3(CCCCC3)OC2=O)C(C#N)C(N)=S)cc1. The first-order valence-electron chi connectivity index (χ1n) is 9.92. The summed E-state index contributed by atoms with van der Waals surface area (Å²) in [4.78, 5) is 12.9. The molecule has 0 radical (unpaired) electrons. The van der Waals surface area contributed by atoms with Crippen LogP contribution in [0.15, 0.2) is 35.8 Å². The van der Waals surface area contributed by atoms with Gasteiger partial charge in [0.05, 0.1) is 11.1 Å². The highest BCUT2D eigenvalue weighted by atomic mass is 32.1. The van der Waals surface area contributed by atoms with Crippen LogP contribution in [0.2, 0.25) is 0 Å². The second-order valence-corrected chi connectivity index (χ2v) is 8.46. The molecular weight excluding hydrogens is 388 g/mol. The van der Waals surface area contributed by atoms with Crippen LogP contribution in [0.4, 0.5) is 0 Å². The van der Waals surface area contributed by atoms with Crippen molar-refractivity contribution < 1.29 is 19.4 Å². The first-order valence-corrected chi connectivity index (χ1v) is 10.3. The maximum absolute atomic E-state index is 13.0. The monoisotopic (exact) mass is 414 g/mol. The first kappa shape index (κ1) is 21.1. The lowest BCUT2D eigenvalue weighted by Gasteiger charge is -2.40. The summed E-state index contributed by atoms with van der Waals surface area (Å²) in [6.45, 7) is 4.15. The molecule has 6 nitrogen and oxygen atoms in total. The summed E-state index contributed by atoms with van der Waals surface area (Å²) in [6.07, 6.45) is 3.79. The molecule has 1 aliphatic heterocycles. The number of nitrogens with two attached hydrogens (primary N) is 1. The number of benzene rings is 1. The molecule has 2 unspecified atom stereocenters. The van der Waals surface area contributed by atoms with E-state index in [-0.39, 0.29) is 10.6 Å². The predicted octanol–water partition coefficient (Wildman–Crippen LogP) is 4.32. The van der Waals surface area contributed by atoms with Gasteiger partial charge >= 0.3 is 5.97 Å². The number of aliphatic hydroxyl groups excluding tert-OH is 1. The minimum absolute atomic E-state index is 0.0588. The van der Waals surface area contributed by atoms with Crippen molar-refractivity contribution in [2.24, 2.45) is 11.7 Å². The van der Waals surface area contributed by atoms with Crippen LogP contribution >= 0.6 is 12.2 Å². The average molecular weight is 415 g/mol. The van der Waals surface area contributed by atoms with Crippen LogP contribution in [-0.2, 0) is 14.3 Å². The number of esters is 1. The average Bonchev–Trinajstić information content (AvgIpc) is 2.67. The number of aliphatic hydroxyl groups is 1. The molecule has 2 atom stereocenters. The van der Waals surface area contributed by atoms with Gasteiger partial charge in [0.25, 0.3) is 11.7 Å². The van der Waals surface area contributed by atoms with E-state index in [0.717, 1.165) is 24.8 Å². The van der Waals surface area contributed by atoms with Gasteiger partial charge in [-0.1, -0.05) is 56.8 Å². The highest BCUT2D eigenvalue weighted by Gasteiger charge is 2.48. The molecule has 1 saturated carbocycles. The summed E-state index contributed by atoms with van der Waals surface area (Å²) in [6, 6.07) is 9.57. The second-order valence-electron chi connectivity index (χ2n) is 7.99. The van der Waals surface area contributed by atoms with E-state index < -0.39 is 29.5 Å². The molecule has 1 fully saturated rings. The molecule has 3 rings (SSSR count). The van der Waals surface area contributed by atoms with Crippen LogP contribution in [0.1, 0.15) is 68.9 Å². The maximum atomic E-state index is 13.0. The molecule has 1 aromatic carbocycles. The largest absolute Gasteiger partial charge is 0.480 e. The van der Waals surface area contributed by atoms with E-state index in [1.807, 2.05) is 24.3 Å². The molecule has 0 aromatic heterocycles. The lowest BCUT2D eigenvalue weighted by atomic mass is 9.80. The van der Waals surface area contributed by atoms with Gasteiger partial charge in [-0.15, -0.1) is 0 Å². The smallest absolute Gasteiger partial charge is 0.345 e. The minimum atomic E-state index is -1.12. The predicted molar refractivity (Wildman–Crippen MR) is 112 cm³/mol. The third-order valence-corrected chi connectivity index (χ3v) is 5.93. The standard InChI is InChI=1S/C22H26N2O4S/c1-13(2)14-6-8-15(9-7-14)17(16(12-23)19(24)29)18-20(25)27-22(28-21(18)26)10-4-3-5-11-22/h6-9,13,16-17,25H,3-5,10-11H2,1-2H3,(H2,24,29). The van der Waals surface area contributed by atoms with Gasteiger partial charge in [0.2, 0.25) is 0 Å². The molecule has 0 bridgehead atoms. The van der Waals surface area contributed by atoms with E-state index in [2.05, 4.69) is 19.9 Å². The number of hydrogen-bond acceptors (Lipinski definition) is 6. The van der Waals surface area contributed by atoms with E-state index in [1.165, 1.54) is 0 Å². The Morgan fingerprint density at radius 2 is 1.76 bits per heavy atom. The summed E-state index contributed by atoms with van der Waals surface area (Å²) in [5, 5.41) is 20.4. The van der Waals surface area contributed by atoms with Crippen molar-refractivity contribution in [1.29, 1.82) is 5.26 Å². The van der Waals surface area contributed by atoms with E-state index >= 15 is 0 Å². The zero-order valence-corrected chi connectivity index (χ0v) is 17.5. The number of hydrogen-bond donors (Lipinski definition) is 2. The van der Waals surface area contributed by atoms with Crippen LogP contribution < -0.4 is 5.73 Å². The summed E-state index contributed by atoms with van der Waals surface area (Å²) >= 11 is 5.08. The summed E-state index contributed by atoms with van der Waals surface area (Å²) in [7, 11) is 0. The first-order chi connectivity index (χ1) is 13.8. The Labute approximate surface area is 176 Å². The molecule has 3 N–H and O–H groups in total. The van der Waals surface area contributed by atoms with E-state index in [9.17, 15) is 15.2 Å². The van der Waals surface area contributed by atoms with Crippen molar-refractivity contribution in [2.45, 2.75) is 63.6 Å². The molecule has 1 spiro atoms. The van der Waals surface area contributed by atoms with Gasteiger partial charge in [-0.05, 0) is 29.9 Å². The fourth-order valence-corrected chi connectivity index (χ4v) is 4.22. The number of ether oxygens (including phenoxy) is 2. The molecule has 7 heteroatoms. The Morgan fingerprint density at radius 1 is 1.17 bits per heavy atom. The van der Waals surface area contributed by atoms with Gasteiger partial charge in [-0.2, -0.15) is 5.26 Å². The van der Waals surface area contributed by atoms with E-state index in [4.69, 9.17) is 27.4 Å². The van der Waals surface area contributed by atoms with Gasteiger partial charge in [0.1, 0.15) is 11.5 Å². The second kappa shape index (κ2) is 8.42. The molecule has 29 heavy (non-hydrogen) atoms. The zero-order chi connectivity index (χ0) is 21.2. The number of carbonyl (C=O) groups excluding carboxylic acids is 1. The minimum Gasteiger partial charge on any atom is -0.480 e. The van der Waals surface area contributed by atoms with Crippen LogP contribution in [0.25, 0.3) is 0 Å². The van der Waals surface area contributed by atoms with Crippen LogP contribution in [-0.4, -0.2) is 21.9 Å². The topological polar surface area (TPSA) is 106 Å². The maximum Gasteiger partial charge on any atom is 0.345 e. The van der Waals surface area contributed by atoms with Crippen molar-refractivity contribution >= 4 is 23.2 Å². The van der Waals surface area contributed by atoms with Crippen molar-refractivity contribution in [1.82, 2.24) is 0 Å². The summed E-state index contributed by atoms with van der Waals surface area (Å²) < 4.78 is 11.4. The molecular formula is C22H26N2O4S. The number of nitriles is 1. The Morgan fingerprint density at radius 3 is 2.24 bits per heavy atom. The van der Waals surface area contributed by atoms with E-state index in [0.29, 0.717) is 24.3 Å². The molecule has 2 aliphatic rings. The number of rotatable bonds is 5. The fourth-order valence-electron chi connectivity index (χ4n) is 4.03. The molecule has 154 valence electrons. The highest BCUT2D eigenvalue weighted by molar-refractivity contribution is 7.80. The Hall–Kier alpha value is -2.59. The molecule has 1 heterocycles. The third kappa shape index (κ3) is 4.23. The summed E-state index contributed by atoms with van der Waals surface area (Å²) in [5.41, 5.74) is 7.44. The van der Waals surface area contributed by atoms with Crippen molar-refractivity contribution in [3.8, 4) is 6.07 Å². The molecule has 0 amide bonds.